The minimum absolute atomic E-state index is 0.296. The molecule has 0 aromatic heterocycles. The second-order valence-corrected chi connectivity index (χ2v) is 6.98. The predicted molar refractivity (Wildman–Crippen MR) is 102 cm³/mol. The third-order valence-corrected chi connectivity index (χ3v) is 5.03. The highest BCUT2D eigenvalue weighted by Crippen LogP contribution is 2.34. The number of rotatable bonds is 5. The summed E-state index contributed by atoms with van der Waals surface area (Å²) in [4.78, 5) is 14.0. The molecule has 27 heavy (non-hydrogen) atoms. The van der Waals surface area contributed by atoms with Crippen LogP contribution in [-0.4, -0.2) is 43.9 Å². The van der Waals surface area contributed by atoms with E-state index in [1.165, 1.54) is 12.7 Å². The zero-order valence-corrected chi connectivity index (χ0v) is 15.4. The second-order valence-electron chi connectivity index (χ2n) is 6.98. The molecule has 4 rings (SSSR count). The molecule has 142 valence electrons. The molecule has 1 atom stereocenters. The first-order valence-electron chi connectivity index (χ1n) is 9.27. The molecule has 2 aromatic carbocycles. The summed E-state index contributed by atoms with van der Waals surface area (Å²) >= 11 is 0. The van der Waals surface area contributed by atoms with Crippen molar-refractivity contribution in [3.05, 3.63) is 53.6 Å². The molecule has 1 saturated heterocycles. The molecule has 0 unspecified atom stereocenters. The molecule has 0 bridgehead atoms. The van der Waals surface area contributed by atoms with Crippen LogP contribution in [0.25, 0.3) is 0 Å². The number of carbonyl (C=O) groups is 1. The lowest BCUT2D eigenvalue weighted by molar-refractivity contribution is 0.0600. The van der Waals surface area contributed by atoms with Crippen LogP contribution < -0.4 is 14.8 Å². The maximum atomic E-state index is 11.5. The van der Waals surface area contributed by atoms with Gasteiger partial charge in [0.1, 0.15) is 0 Å². The fourth-order valence-corrected chi connectivity index (χ4v) is 3.66. The second kappa shape index (κ2) is 7.88. The minimum Gasteiger partial charge on any atom is -0.465 e. The Morgan fingerprint density at radius 3 is 2.81 bits per heavy atom. The van der Waals surface area contributed by atoms with Crippen LogP contribution in [0.15, 0.2) is 42.5 Å². The summed E-state index contributed by atoms with van der Waals surface area (Å²) in [7, 11) is 1.40. The molecule has 1 fully saturated rings. The van der Waals surface area contributed by atoms with Crippen molar-refractivity contribution in [2.45, 2.75) is 25.4 Å². The quantitative estimate of drug-likeness (QED) is 0.818. The fraction of sp³-hybridized carbons (Fsp3) is 0.381. The predicted octanol–water partition coefficient (Wildman–Crippen LogP) is 3.28. The van der Waals surface area contributed by atoms with E-state index in [4.69, 9.17) is 14.2 Å². The Kier molecular flexibility index (Phi) is 5.16. The summed E-state index contributed by atoms with van der Waals surface area (Å²) < 4.78 is 15.6. The van der Waals surface area contributed by atoms with E-state index in [2.05, 4.69) is 10.2 Å². The summed E-state index contributed by atoms with van der Waals surface area (Å²) in [5.74, 6) is 1.31. The van der Waals surface area contributed by atoms with Gasteiger partial charge in [0, 0.05) is 30.9 Å². The molecule has 6 heteroatoms. The van der Waals surface area contributed by atoms with Gasteiger partial charge in [-0.3, -0.25) is 4.90 Å². The Morgan fingerprint density at radius 2 is 2.00 bits per heavy atom. The van der Waals surface area contributed by atoms with E-state index < -0.39 is 0 Å². The minimum atomic E-state index is -0.299. The number of methoxy groups -OCH3 is 1. The van der Waals surface area contributed by atoms with Gasteiger partial charge in [0.2, 0.25) is 6.79 Å². The van der Waals surface area contributed by atoms with Gasteiger partial charge >= 0.3 is 5.97 Å². The van der Waals surface area contributed by atoms with Gasteiger partial charge in [-0.2, -0.15) is 0 Å². The summed E-state index contributed by atoms with van der Waals surface area (Å²) in [5, 5.41) is 3.62. The molecular weight excluding hydrogens is 344 g/mol. The summed E-state index contributed by atoms with van der Waals surface area (Å²) in [6.45, 7) is 3.23. The normalized spacial score (nSPS) is 18.9. The van der Waals surface area contributed by atoms with Crippen LogP contribution in [0.2, 0.25) is 0 Å². The number of piperidine rings is 1. The van der Waals surface area contributed by atoms with E-state index in [0.29, 0.717) is 18.4 Å². The van der Waals surface area contributed by atoms with E-state index in [-0.39, 0.29) is 5.97 Å². The van der Waals surface area contributed by atoms with Crippen LogP contribution in [-0.2, 0) is 11.3 Å². The highest BCUT2D eigenvalue weighted by Gasteiger charge is 2.21. The van der Waals surface area contributed by atoms with E-state index in [9.17, 15) is 4.79 Å². The molecule has 2 aromatic rings. The van der Waals surface area contributed by atoms with Gasteiger partial charge in [-0.25, -0.2) is 4.79 Å². The average Bonchev–Trinajstić information content (AvgIpc) is 3.16. The third-order valence-electron chi connectivity index (χ3n) is 5.03. The van der Waals surface area contributed by atoms with E-state index in [1.807, 2.05) is 42.5 Å². The maximum Gasteiger partial charge on any atom is 0.337 e. The first-order valence-corrected chi connectivity index (χ1v) is 9.27. The largest absolute Gasteiger partial charge is 0.465 e. The molecule has 2 aliphatic heterocycles. The molecule has 2 aliphatic rings. The van der Waals surface area contributed by atoms with Gasteiger partial charge in [-0.05, 0) is 49.2 Å². The molecule has 0 radical (unpaired) electrons. The first kappa shape index (κ1) is 17.7. The zero-order valence-electron chi connectivity index (χ0n) is 15.4. The molecule has 0 spiro atoms. The highest BCUT2D eigenvalue weighted by molar-refractivity contribution is 5.89. The van der Waals surface area contributed by atoms with E-state index in [1.54, 1.807) is 0 Å². The third kappa shape index (κ3) is 4.17. The summed E-state index contributed by atoms with van der Waals surface area (Å²) in [6, 6.07) is 14.1. The maximum absolute atomic E-state index is 11.5. The number of likely N-dealkylation sites (tertiary alicyclic amines) is 1. The van der Waals surface area contributed by atoms with Crippen LogP contribution in [0.4, 0.5) is 5.69 Å². The number of fused-ring (bicyclic) bond motifs is 1. The standard InChI is InChI=1S/C21H24N2O4/c1-25-21(24)16-6-4-15(5-7-16)12-23-10-2-3-18(13-23)22-17-8-9-19-20(11-17)27-14-26-19/h4-9,11,18,22H,2-3,10,12-14H2,1H3/t18-/m0/s1. The number of esters is 1. The van der Waals surface area contributed by atoms with Crippen LogP contribution >= 0.6 is 0 Å². The van der Waals surface area contributed by atoms with Crippen molar-refractivity contribution in [3.63, 3.8) is 0 Å². The Morgan fingerprint density at radius 1 is 1.19 bits per heavy atom. The van der Waals surface area contributed by atoms with Crippen molar-refractivity contribution in [1.29, 1.82) is 0 Å². The smallest absolute Gasteiger partial charge is 0.337 e. The molecule has 0 saturated carbocycles. The number of anilines is 1. The summed E-state index contributed by atoms with van der Waals surface area (Å²) in [6.07, 6.45) is 2.30. The monoisotopic (exact) mass is 368 g/mol. The SMILES string of the molecule is COC(=O)c1ccc(CN2CCC[C@H](Nc3ccc4c(c3)OCO4)C2)cc1. The van der Waals surface area contributed by atoms with Crippen molar-refractivity contribution < 1.29 is 19.0 Å². The lowest BCUT2D eigenvalue weighted by Gasteiger charge is -2.33. The van der Waals surface area contributed by atoms with E-state index in [0.717, 1.165) is 49.7 Å². The number of benzene rings is 2. The molecule has 0 amide bonds. The number of hydrogen-bond acceptors (Lipinski definition) is 6. The van der Waals surface area contributed by atoms with Crippen LogP contribution in [0.1, 0.15) is 28.8 Å². The van der Waals surface area contributed by atoms with Crippen LogP contribution in [0.5, 0.6) is 11.5 Å². The van der Waals surface area contributed by atoms with Crippen molar-refractivity contribution in [3.8, 4) is 11.5 Å². The number of nitrogens with zero attached hydrogens (tertiary/aromatic N) is 1. The van der Waals surface area contributed by atoms with Gasteiger partial charge < -0.3 is 19.5 Å². The molecule has 2 heterocycles. The Balaban J connectivity index is 1.34. The zero-order chi connectivity index (χ0) is 18.6. The highest BCUT2D eigenvalue weighted by atomic mass is 16.7. The van der Waals surface area contributed by atoms with Crippen LogP contribution in [0, 0.1) is 0 Å². The topological polar surface area (TPSA) is 60.0 Å². The molecule has 1 N–H and O–H groups in total. The van der Waals surface area contributed by atoms with Gasteiger partial charge in [0.25, 0.3) is 0 Å². The lowest BCUT2D eigenvalue weighted by atomic mass is 10.0. The van der Waals surface area contributed by atoms with Gasteiger partial charge in [-0.15, -0.1) is 0 Å². The van der Waals surface area contributed by atoms with E-state index >= 15 is 0 Å². The van der Waals surface area contributed by atoms with Crippen molar-refractivity contribution in [1.82, 2.24) is 4.90 Å². The Hall–Kier alpha value is -2.73. The number of hydrogen-bond donors (Lipinski definition) is 1. The molecular formula is C21H24N2O4. The Bertz CT molecular complexity index is 806. The number of carbonyl (C=O) groups excluding carboxylic acids is 1. The van der Waals surface area contributed by atoms with Gasteiger partial charge in [0.05, 0.1) is 12.7 Å². The molecule has 6 nitrogen and oxygen atoms in total. The number of ether oxygens (including phenoxy) is 3. The van der Waals surface area contributed by atoms with Crippen LogP contribution in [0.3, 0.4) is 0 Å². The average molecular weight is 368 g/mol. The van der Waals surface area contributed by atoms with Gasteiger partial charge in [-0.1, -0.05) is 12.1 Å². The number of nitrogens with one attached hydrogen (secondary N) is 1. The van der Waals surface area contributed by atoms with Crippen molar-refractivity contribution in [2.75, 3.05) is 32.3 Å². The fourth-order valence-electron chi connectivity index (χ4n) is 3.66. The van der Waals surface area contributed by atoms with Gasteiger partial charge in [0.15, 0.2) is 11.5 Å². The van der Waals surface area contributed by atoms with Crippen molar-refractivity contribution >= 4 is 11.7 Å². The summed E-state index contributed by atoms with van der Waals surface area (Å²) in [5.41, 5.74) is 2.85. The Labute approximate surface area is 159 Å². The van der Waals surface area contributed by atoms with Crippen molar-refractivity contribution in [2.24, 2.45) is 0 Å². The first-order chi connectivity index (χ1) is 13.2. The molecule has 0 aliphatic carbocycles. The lowest BCUT2D eigenvalue weighted by Crippen LogP contribution is -2.41.